The number of nitrogens with zero attached hydrogens (tertiary/aromatic N) is 2. The summed E-state index contributed by atoms with van der Waals surface area (Å²) < 4.78 is 0. The van der Waals surface area contributed by atoms with Crippen LogP contribution in [0.15, 0.2) is 46.7 Å². The molecule has 0 aliphatic rings. The highest BCUT2D eigenvalue weighted by atomic mass is 35.5. The van der Waals surface area contributed by atoms with Crippen molar-refractivity contribution in [2.24, 2.45) is 0 Å². The first-order valence-electron chi connectivity index (χ1n) is 6.42. The number of halogens is 1. The molecule has 2 aromatic rings. The van der Waals surface area contributed by atoms with Gasteiger partial charge in [-0.3, -0.25) is 0 Å². The summed E-state index contributed by atoms with van der Waals surface area (Å²) in [5.41, 5.74) is 1.18. The molecule has 3 nitrogen and oxygen atoms in total. The molecule has 0 radical (unpaired) electrons. The van der Waals surface area contributed by atoms with Gasteiger partial charge in [0.1, 0.15) is 0 Å². The highest BCUT2D eigenvalue weighted by Crippen LogP contribution is 2.25. The van der Waals surface area contributed by atoms with Gasteiger partial charge in [0.05, 0.1) is 0 Å². The van der Waals surface area contributed by atoms with E-state index in [-0.39, 0.29) is 5.54 Å². The lowest BCUT2D eigenvalue weighted by molar-refractivity contribution is 0.423. The number of hydrogen-bond acceptors (Lipinski definition) is 4. The highest BCUT2D eigenvalue weighted by molar-refractivity contribution is 7.99. The lowest BCUT2D eigenvalue weighted by Gasteiger charge is -2.20. The van der Waals surface area contributed by atoms with E-state index in [1.807, 2.05) is 36.7 Å². The summed E-state index contributed by atoms with van der Waals surface area (Å²) in [5.74, 6) is 0. The first kappa shape index (κ1) is 15.3. The molecular weight excluding hydrogens is 290 g/mol. The summed E-state index contributed by atoms with van der Waals surface area (Å²) in [5, 5.41) is 4.89. The number of hydrogen-bond donors (Lipinski definition) is 1. The van der Waals surface area contributed by atoms with Gasteiger partial charge in [-0.25, -0.2) is 9.97 Å². The van der Waals surface area contributed by atoms with Crippen molar-refractivity contribution >= 4 is 23.4 Å². The Bertz CT molecular complexity index is 547. The number of benzene rings is 1. The zero-order valence-corrected chi connectivity index (χ0v) is 13.4. The second kappa shape index (κ2) is 6.57. The maximum Gasteiger partial charge on any atom is 0.192 e. The first-order valence-corrected chi connectivity index (χ1v) is 7.61. The van der Waals surface area contributed by atoms with Crippen molar-refractivity contribution in [3.8, 4) is 0 Å². The SMILES string of the molecule is CC(C)(C)NCc1cnc(Sc2ccc(Cl)cc2)nc1. The number of rotatable bonds is 4. The largest absolute Gasteiger partial charge is 0.308 e. The zero-order chi connectivity index (χ0) is 14.6. The molecule has 1 heterocycles. The molecule has 2 rings (SSSR count). The Labute approximate surface area is 129 Å². The second-order valence-electron chi connectivity index (χ2n) is 5.53. The average molecular weight is 308 g/mol. The van der Waals surface area contributed by atoms with Gasteiger partial charge in [-0.05, 0) is 56.8 Å². The Morgan fingerprint density at radius 2 is 1.70 bits per heavy atom. The van der Waals surface area contributed by atoms with Crippen molar-refractivity contribution in [1.82, 2.24) is 15.3 Å². The topological polar surface area (TPSA) is 37.8 Å². The quantitative estimate of drug-likeness (QED) is 0.860. The van der Waals surface area contributed by atoms with Crippen molar-refractivity contribution in [2.75, 3.05) is 0 Å². The molecule has 0 fully saturated rings. The standard InChI is InChI=1S/C15H18ClN3S/c1-15(2,3)19-10-11-8-17-14(18-9-11)20-13-6-4-12(16)5-7-13/h4-9,19H,10H2,1-3H3. The van der Waals surface area contributed by atoms with Crippen molar-refractivity contribution in [1.29, 1.82) is 0 Å². The molecule has 1 aromatic heterocycles. The molecule has 0 unspecified atom stereocenters. The van der Waals surface area contributed by atoms with Crippen molar-refractivity contribution in [2.45, 2.75) is 42.9 Å². The number of aromatic nitrogens is 2. The molecule has 0 spiro atoms. The number of nitrogens with one attached hydrogen (secondary N) is 1. The third-order valence-electron chi connectivity index (χ3n) is 2.53. The van der Waals surface area contributed by atoms with Gasteiger partial charge in [0.2, 0.25) is 0 Å². The minimum atomic E-state index is 0.0940. The molecule has 0 amide bonds. The molecule has 1 aromatic carbocycles. The summed E-state index contributed by atoms with van der Waals surface area (Å²) >= 11 is 7.39. The predicted octanol–water partition coefficient (Wildman–Crippen LogP) is 4.17. The minimum absolute atomic E-state index is 0.0940. The monoisotopic (exact) mass is 307 g/mol. The molecular formula is C15H18ClN3S. The van der Waals surface area contributed by atoms with Crippen LogP contribution in [0, 0.1) is 0 Å². The van der Waals surface area contributed by atoms with E-state index in [9.17, 15) is 0 Å². The Morgan fingerprint density at radius 1 is 1.10 bits per heavy atom. The van der Waals surface area contributed by atoms with E-state index in [1.165, 1.54) is 11.8 Å². The van der Waals surface area contributed by atoms with Gasteiger partial charge < -0.3 is 5.32 Å². The summed E-state index contributed by atoms with van der Waals surface area (Å²) in [6.45, 7) is 7.19. The van der Waals surface area contributed by atoms with Crippen LogP contribution in [0.1, 0.15) is 26.3 Å². The van der Waals surface area contributed by atoms with Gasteiger partial charge >= 0.3 is 0 Å². The molecule has 20 heavy (non-hydrogen) atoms. The Kier molecular flexibility index (Phi) is 5.02. The normalized spacial score (nSPS) is 11.6. The maximum absolute atomic E-state index is 5.86. The van der Waals surface area contributed by atoms with E-state index >= 15 is 0 Å². The predicted molar refractivity (Wildman–Crippen MR) is 84.2 cm³/mol. The van der Waals surface area contributed by atoms with Gasteiger partial charge in [-0.1, -0.05) is 11.6 Å². The van der Waals surface area contributed by atoms with E-state index in [4.69, 9.17) is 11.6 Å². The molecule has 0 saturated heterocycles. The third kappa shape index (κ3) is 5.12. The molecule has 0 saturated carbocycles. The summed E-state index contributed by atoms with van der Waals surface area (Å²) in [4.78, 5) is 9.83. The van der Waals surface area contributed by atoms with Crippen LogP contribution in [0.25, 0.3) is 0 Å². The Morgan fingerprint density at radius 3 is 2.25 bits per heavy atom. The summed E-state index contributed by atoms with van der Waals surface area (Å²) in [6, 6.07) is 7.66. The van der Waals surface area contributed by atoms with Gasteiger partial charge in [0.25, 0.3) is 0 Å². The van der Waals surface area contributed by atoms with E-state index in [0.29, 0.717) is 0 Å². The zero-order valence-electron chi connectivity index (χ0n) is 11.9. The molecule has 106 valence electrons. The maximum atomic E-state index is 5.86. The lowest BCUT2D eigenvalue weighted by Crippen LogP contribution is -2.35. The Balaban J connectivity index is 1.96. The summed E-state index contributed by atoms with van der Waals surface area (Å²) in [6.07, 6.45) is 3.73. The third-order valence-corrected chi connectivity index (χ3v) is 3.68. The second-order valence-corrected chi connectivity index (χ2v) is 7.01. The van der Waals surface area contributed by atoms with Crippen LogP contribution in [0.2, 0.25) is 5.02 Å². The van der Waals surface area contributed by atoms with Gasteiger partial charge in [-0.15, -0.1) is 0 Å². The molecule has 0 aliphatic carbocycles. The van der Waals surface area contributed by atoms with E-state index in [1.54, 1.807) is 0 Å². The average Bonchev–Trinajstić information content (AvgIpc) is 2.40. The van der Waals surface area contributed by atoms with Crippen molar-refractivity contribution in [3.63, 3.8) is 0 Å². The Hall–Kier alpha value is -1.10. The van der Waals surface area contributed by atoms with Crippen LogP contribution >= 0.6 is 23.4 Å². The van der Waals surface area contributed by atoms with Crippen LogP contribution < -0.4 is 5.32 Å². The highest BCUT2D eigenvalue weighted by Gasteiger charge is 2.08. The van der Waals surface area contributed by atoms with Gasteiger partial charge in [0.15, 0.2) is 5.16 Å². The van der Waals surface area contributed by atoms with Crippen LogP contribution in [-0.2, 0) is 6.54 Å². The smallest absolute Gasteiger partial charge is 0.192 e. The molecule has 5 heteroatoms. The molecule has 0 bridgehead atoms. The fourth-order valence-electron chi connectivity index (χ4n) is 1.46. The van der Waals surface area contributed by atoms with Crippen LogP contribution in [0.5, 0.6) is 0 Å². The molecule has 0 aliphatic heterocycles. The van der Waals surface area contributed by atoms with Gasteiger partial charge in [-0.2, -0.15) is 0 Å². The summed E-state index contributed by atoms with van der Waals surface area (Å²) in [7, 11) is 0. The fraction of sp³-hybridized carbons (Fsp3) is 0.333. The van der Waals surface area contributed by atoms with Crippen LogP contribution in [0.3, 0.4) is 0 Å². The van der Waals surface area contributed by atoms with Crippen molar-refractivity contribution < 1.29 is 0 Å². The lowest BCUT2D eigenvalue weighted by atomic mass is 10.1. The van der Waals surface area contributed by atoms with Crippen LogP contribution in [-0.4, -0.2) is 15.5 Å². The van der Waals surface area contributed by atoms with E-state index < -0.39 is 0 Å². The van der Waals surface area contributed by atoms with Crippen molar-refractivity contribution in [3.05, 3.63) is 47.2 Å². The minimum Gasteiger partial charge on any atom is -0.308 e. The fourth-order valence-corrected chi connectivity index (χ4v) is 2.28. The van der Waals surface area contributed by atoms with E-state index in [0.717, 1.165) is 27.2 Å². The first-order chi connectivity index (χ1) is 9.42. The van der Waals surface area contributed by atoms with Crippen LogP contribution in [0.4, 0.5) is 0 Å². The molecule has 0 atom stereocenters. The van der Waals surface area contributed by atoms with E-state index in [2.05, 4.69) is 36.1 Å². The molecule has 1 N–H and O–H groups in total. The van der Waals surface area contributed by atoms with Gasteiger partial charge in [0, 0.05) is 40.0 Å².